The number of nitriles is 1. The molecule has 3 aliphatic rings. The van der Waals surface area contributed by atoms with Crippen LogP contribution in [-0.4, -0.2) is 119 Å². The van der Waals surface area contributed by atoms with Gasteiger partial charge >= 0.3 is 48.1 Å². The number of nitrogens with zero attached hydrogens (tertiary/aromatic N) is 11. The van der Waals surface area contributed by atoms with Gasteiger partial charge in [0.25, 0.3) is 0 Å². The molecule has 6 aromatic heterocycles. The van der Waals surface area contributed by atoms with Crippen molar-refractivity contribution in [2.75, 3.05) is 34.7 Å². The number of alkyl halides is 9. The Morgan fingerprint density at radius 3 is 1.16 bits per heavy atom. The summed E-state index contributed by atoms with van der Waals surface area (Å²) < 4.78 is 194. The zero-order valence-corrected chi connectivity index (χ0v) is 56.6. The van der Waals surface area contributed by atoms with Crippen LogP contribution in [0.3, 0.4) is 0 Å². The maximum atomic E-state index is 13.9. The van der Waals surface area contributed by atoms with Gasteiger partial charge in [0.15, 0.2) is 76.1 Å². The molecule has 0 spiro atoms. The molecule has 8 aromatic rings. The number of sulfone groups is 3. The zero-order valence-electron chi connectivity index (χ0n) is 53.1. The van der Waals surface area contributed by atoms with Gasteiger partial charge in [0.2, 0.25) is 0 Å². The standard InChI is InChI=1S/C22H22F3N5O3S.C16H16F3N5O2S.C16H17F3N4O3S.C6H7NO.Na.H/c1-34(31,32)17-11-12-19(26-13-17)30-21(28-15-7-5-6-8-15)18(20(29-30)22(23,24)25)14-27-33-16-9-3-2-4-10-16;1-27(25,26)11-6-7-13(21-9-11)24-15(22-10-4-2-3-5-10)12(8-20)14(23-24)16(17,18)19;1-27(25,26)11-6-7-13(20-8-11)23-15(21-10-4-2-3-5-10)12(9-24)14(22-23)16(17,18)19;7-8-6-4-2-1-3-5-6;;/h2-4,9-15,28H,5-8H2,1H3;6-7,9-10,22H,2-5H2,1H3;6-10,21H,2-5H2,1H3;1-5H,7H2;;/q;;;;+1;-1/b27-14+;;;;;. The second-order valence-corrected chi connectivity index (χ2v) is 28.1. The third-order valence-corrected chi connectivity index (χ3v) is 18.2. The summed E-state index contributed by atoms with van der Waals surface area (Å²) in [5.41, 5.74) is -5.29. The third kappa shape index (κ3) is 20.1. The van der Waals surface area contributed by atoms with Crippen LogP contribution >= 0.6 is 0 Å². The molecule has 24 nitrogen and oxygen atoms in total. The number of halogens is 9. The summed E-state index contributed by atoms with van der Waals surface area (Å²) in [7, 11) is -10.5. The van der Waals surface area contributed by atoms with Crippen LogP contribution in [0.5, 0.6) is 11.5 Å². The number of rotatable bonds is 17. The number of benzene rings is 2. The maximum Gasteiger partial charge on any atom is 1.00 e. The van der Waals surface area contributed by atoms with Gasteiger partial charge in [0, 0.05) is 55.5 Å². The number of anilines is 3. The van der Waals surface area contributed by atoms with E-state index < -0.39 is 76.2 Å². The number of hydrogen-bond donors (Lipinski definition) is 4. The number of aldehydes is 1. The largest absolute Gasteiger partial charge is 1.00 e. The molecule has 37 heteroatoms. The number of oxime groups is 1. The predicted molar refractivity (Wildman–Crippen MR) is 333 cm³/mol. The molecule has 3 fully saturated rings. The van der Waals surface area contributed by atoms with Crippen LogP contribution in [0.15, 0.2) is 135 Å². The number of para-hydroxylation sites is 2. The van der Waals surface area contributed by atoms with Crippen molar-refractivity contribution in [1.29, 1.82) is 5.26 Å². The Balaban J connectivity index is 0.000000218. The van der Waals surface area contributed by atoms with E-state index in [4.69, 9.17) is 10.7 Å². The Morgan fingerprint density at radius 1 is 0.526 bits per heavy atom. The average molecular weight is 1430 g/mol. The van der Waals surface area contributed by atoms with Gasteiger partial charge < -0.3 is 27.1 Å². The smallest absolute Gasteiger partial charge is 1.00 e. The van der Waals surface area contributed by atoms with Crippen molar-refractivity contribution in [2.45, 2.75) is 128 Å². The molecule has 0 amide bonds. The summed E-state index contributed by atoms with van der Waals surface area (Å²) in [6, 6.07) is 26.6. The molecule has 3 aliphatic carbocycles. The summed E-state index contributed by atoms with van der Waals surface area (Å²) in [4.78, 5) is 32.7. The maximum absolute atomic E-state index is 13.9. The van der Waals surface area contributed by atoms with Crippen molar-refractivity contribution in [3.8, 4) is 35.0 Å². The quantitative estimate of drug-likeness (QED) is 0.0219. The Bertz CT molecular complexity index is 4400. The van der Waals surface area contributed by atoms with Crippen molar-refractivity contribution >= 4 is 59.5 Å². The fraction of sp³-hybridized carbons (Fsp3) is 0.350. The number of nitrogens with two attached hydrogens (primary N) is 1. The molecular formula is C60H63F9N15NaO9S3. The molecule has 0 saturated heterocycles. The first kappa shape index (κ1) is 75.9. The Kier molecular flexibility index (Phi) is 25.2. The van der Waals surface area contributed by atoms with Crippen molar-refractivity contribution < 1.29 is 110 Å². The van der Waals surface area contributed by atoms with Gasteiger partial charge in [-0.2, -0.15) is 80.0 Å². The SMILES string of the molecule is CS(=O)(=O)c1ccc(-n2nc(C(F)(F)F)c(/C=N/Oc3ccccc3)c2NC2CCCC2)nc1.CS(=O)(=O)c1ccc(-n2nc(C(F)(F)F)c(C#N)c2NC2CCCC2)nc1.CS(=O)(=O)c1ccc(-n2nc(C(F)(F)F)c(C=O)c2NC2CCCC2)nc1.NOc1ccccc1.[H-].[Na+]. The van der Waals surface area contributed by atoms with E-state index in [0.717, 1.165) is 135 Å². The molecule has 97 heavy (non-hydrogen) atoms. The Labute approximate surface area is 574 Å². The number of carbonyl (C=O) groups is 1. The van der Waals surface area contributed by atoms with Crippen molar-refractivity contribution in [3.63, 3.8) is 0 Å². The fourth-order valence-corrected chi connectivity index (χ4v) is 11.9. The Morgan fingerprint density at radius 2 is 0.856 bits per heavy atom. The van der Waals surface area contributed by atoms with Crippen molar-refractivity contribution in [3.05, 3.63) is 149 Å². The first-order chi connectivity index (χ1) is 45.3. The molecule has 2 aromatic carbocycles. The van der Waals surface area contributed by atoms with Crippen LogP contribution in [-0.2, 0) is 48.0 Å². The van der Waals surface area contributed by atoms with Crippen LogP contribution < -0.4 is 61.1 Å². The molecule has 0 atom stereocenters. The molecule has 0 bridgehead atoms. The molecule has 514 valence electrons. The minimum absolute atomic E-state index is 0. The summed E-state index contributed by atoms with van der Waals surface area (Å²) in [6.45, 7) is 0. The van der Waals surface area contributed by atoms with Crippen molar-refractivity contribution in [2.24, 2.45) is 11.1 Å². The van der Waals surface area contributed by atoms with Crippen LogP contribution in [0.4, 0.5) is 57.0 Å². The normalized spacial score (nSPS) is 14.8. The number of pyridine rings is 3. The summed E-state index contributed by atoms with van der Waals surface area (Å²) in [6.07, 6.45) is 3.25. The van der Waals surface area contributed by atoms with Crippen LogP contribution in [0.25, 0.3) is 17.5 Å². The van der Waals surface area contributed by atoms with E-state index >= 15 is 0 Å². The van der Waals surface area contributed by atoms with E-state index in [9.17, 15) is 74.8 Å². The zero-order chi connectivity index (χ0) is 69.8. The van der Waals surface area contributed by atoms with Crippen LogP contribution in [0.1, 0.15) is 117 Å². The van der Waals surface area contributed by atoms with Gasteiger partial charge in [-0.3, -0.25) is 4.79 Å². The number of nitrogens with one attached hydrogen (secondary N) is 3. The molecule has 0 aliphatic heterocycles. The summed E-state index contributed by atoms with van der Waals surface area (Å²) >= 11 is 0. The molecule has 3 saturated carbocycles. The van der Waals surface area contributed by atoms with E-state index in [1.165, 1.54) is 36.4 Å². The minimum atomic E-state index is -4.82. The van der Waals surface area contributed by atoms with Gasteiger partial charge in [0.05, 0.1) is 32.0 Å². The van der Waals surface area contributed by atoms with Crippen molar-refractivity contribution in [1.82, 2.24) is 44.3 Å². The number of carbonyl (C=O) groups excluding carboxylic acids is 1. The van der Waals surface area contributed by atoms with E-state index in [1.807, 2.05) is 18.2 Å². The molecule has 11 rings (SSSR count). The average Bonchev–Trinajstić information content (AvgIpc) is 1.64. The van der Waals surface area contributed by atoms with Gasteiger partial charge in [-0.05, 0) is 99.2 Å². The molecule has 6 heterocycles. The topological polar surface area (TPSA) is 328 Å². The van der Waals surface area contributed by atoms with E-state index in [1.54, 1.807) is 48.5 Å². The minimum Gasteiger partial charge on any atom is -1.00 e. The van der Waals surface area contributed by atoms with E-state index in [-0.39, 0.29) is 111 Å². The van der Waals surface area contributed by atoms with E-state index in [2.05, 4.69) is 56.2 Å². The van der Waals surface area contributed by atoms with Gasteiger partial charge in [-0.15, -0.1) is 0 Å². The second kappa shape index (κ2) is 32.3. The first-order valence-electron chi connectivity index (χ1n) is 29.2. The third-order valence-electron chi connectivity index (χ3n) is 14.9. The van der Waals surface area contributed by atoms with Gasteiger partial charge in [-0.1, -0.05) is 80.1 Å². The Hall–Kier alpha value is -8.47. The molecule has 5 N–H and O–H groups in total. The second-order valence-electron chi connectivity index (χ2n) is 22.1. The summed E-state index contributed by atoms with van der Waals surface area (Å²) in [5, 5.41) is 33.1. The monoisotopic (exact) mass is 1430 g/mol. The van der Waals surface area contributed by atoms with Gasteiger partial charge in [-0.25, -0.2) is 40.2 Å². The molecular weight excluding hydrogens is 1360 g/mol. The number of hydrogen-bond acceptors (Lipinski definition) is 21. The predicted octanol–water partition coefficient (Wildman–Crippen LogP) is 8.28. The molecule has 0 radical (unpaired) electrons. The first-order valence-corrected chi connectivity index (χ1v) is 34.9. The van der Waals surface area contributed by atoms with Crippen LogP contribution in [0, 0.1) is 11.3 Å². The van der Waals surface area contributed by atoms with Crippen LogP contribution in [0.2, 0.25) is 0 Å². The molecule has 0 unspecified atom stereocenters. The van der Waals surface area contributed by atoms with Gasteiger partial charge in [0.1, 0.15) is 34.8 Å². The number of aromatic nitrogens is 9. The summed E-state index contributed by atoms with van der Waals surface area (Å²) in [5.74, 6) is 5.76. The van der Waals surface area contributed by atoms with E-state index in [0.29, 0.717) is 11.5 Å². The fourth-order valence-electron chi connectivity index (χ4n) is 10.2.